The van der Waals surface area contributed by atoms with Gasteiger partial charge in [-0.2, -0.15) is 0 Å². The van der Waals surface area contributed by atoms with Gasteiger partial charge in [0.15, 0.2) is 0 Å². The van der Waals surface area contributed by atoms with Gasteiger partial charge in [0.25, 0.3) is 11.6 Å². The predicted molar refractivity (Wildman–Crippen MR) is 74.5 cm³/mol. The van der Waals surface area contributed by atoms with Gasteiger partial charge in [-0.3, -0.25) is 14.9 Å². The van der Waals surface area contributed by atoms with Crippen molar-refractivity contribution in [2.45, 2.75) is 0 Å². The van der Waals surface area contributed by atoms with Crippen molar-refractivity contribution < 1.29 is 19.6 Å². The summed E-state index contributed by atoms with van der Waals surface area (Å²) >= 11 is 0. The van der Waals surface area contributed by atoms with E-state index in [0.29, 0.717) is 5.69 Å². The van der Waals surface area contributed by atoms with Gasteiger partial charge in [0.05, 0.1) is 10.5 Å². The lowest BCUT2D eigenvalue weighted by Crippen LogP contribution is -2.12. The number of nitrogens with one attached hydrogen (secondary N) is 1. The van der Waals surface area contributed by atoms with Crippen molar-refractivity contribution in [2.24, 2.45) is 0 Å². The summed E-state index contributed by atoms with van der Waals surface area (Å²) in [4.78, 5) is 32.7. The summed E-state index contributed by atoms with van der Waals surface area (Å²) < 4.78 is 0. The maximum absolute atomic E-state index is 12.0. The van der Waals surface area contributed by atoms with Crippen LogP contribution in [0.4, 0.5) is 11.4 Å². The molecule has 0 aliphatic rings. The third-order valence-corrected chi connectivity index (χ3v) is 2.71. The Kier molecular flexibility index (Phi) is 3.94. The van der Waals surface area contributed by atoms with E-state index in [4.69, 9.17) is 5.11 Å². The Hall–Kier alpha value is -3.22. The zero-order valence-electron chi connectivity index (χ0n) is 10.6. The topological polar surface area (TPSA) is 110 Å². The Morgan fingerprint density at radius 2 is 1.71 bits per heavy atom. The van der Waals surface area contributed by atoms with Crippen LogP contribution in [0.2, 0.25) is 0 Å². The van der Waals surface area contributed by atoms with Crippen molar-refractivity contribution in [3.63, 3.8) is 0 Å². The molecule has 0 saturated heterocycles. The number of nitro benzene ring substituents is 1. The van der Waals surface area contributed by atoms with Crippen molar-refractivity contribution in [1.82, 2.24) is 0 Å². The van der Waals surface area contributed by atoms with Crippen molar-refractivity contribution in [2.75, 3.05) is 5.32 Å². The molecule has 2 aromatic carbocycles. The standard InChI is InChI=1S/C14H10N2O5/c17-13(10-2-1-3-12(8-10)16(20)21)15-11-6-4-9(5-7-11)14(18)19/h1-8H,(H,15,17)(H,18,19). The molecule has 2 N–H and O–H groups in total. The van der Waals surface area contributed by atoms with Crippen LogP contribution in [0.15, 0.2) is 48.5 Å². The molecule has 0 radical (unpaired) electrons. The number of nitrogens with zero attached hydrogens (tertiary/aromatic N) is 1. The number of carboxylic acid groups (broad SMARTS) is 1. The average Bonchev–Trinajstić information content (AvgIpc) is 2.48. The second kappa shape index (κ2) is 5.83. The van der Waals surface area contributed by atoms with E-state index >= 15 is 0 Å². The highest BCUT2D eigenvalue weighted by atomic mass is 16.6. The van der Waals surface area contributed by atoms with E-state index in [0.717, 1.165) is 0 Å². The average molecular weight is 286 g/mol. The molecule has 0 unspecified atom stereocenters. The Morgan fingerprint density at radius 1 is 1.05 bits per heavy atom. The Morgan fingerprint density at radius 3 is 2.29 bits per heavy atom. The molecule has 2 aromatic rings. The zero-order chi connectivity index (χ0) is 15.4. The number of non-ortho nitro benzene ring substituents is 1. The highest BCUT2D eigenvalue weighted by Crippen LogP contribution is 2.15. The lowest BCUT2D eigenvalue weighted by Gasteiger charge is -2.05. The number of carboxylic acids is 1. The number of carbonyl (C=O) groups is 2. The summed E-state index contributed by atoms with van der Waals surface area (Å²) in [6.45, 7) is 0. The quantitative estimate of drug-likeness (QED) is 0.663. The van der Waals surface area contributed by atoms with Gasteiger partial charge < -0.3 is 10.4 Å². The van der Waals surface area contributed by atoms with Gasteiger partial charge in [0, 0.05) is 23.4 Å². The fourth-order valence-electron chi connectivity index (χ4n) is 1.66. The molecule has 106 valence electrons. The molecule has 0 saturated carbocycles. The minimum absolute atomic E-state index is 0.100. The third-order valence-electron chi connectivity index (χ3n) is 2.71. The minimum Gasteiger partial charge on any atom is -0.478 e. The number of benzene rings is 2. The van der Waals surface area contributed by atoms with E-state index in [1.165, 1.54) is 48.5 Å². The van der Waals surface area contributed by atoms with E-state index in [9.17, 15) is 19.7 Å². The molecule has 1 amide bonds. The number of nitro groups is 1. The molecule has 0 heterocycles. The molecule has 21 heavy (non-hydrogen) atoms. The van der Waals surface area contributed by atoms with Crippen LogP contribution in [0.25, 0.3) is 0 Å². The van der Waals surface area contributed by atoms with E-state index in [-0.39, 0.29) is 16.8 Å². The highest BCUT2D eigenvalue weighted by Gasteiger charge is 2.12. The smallest absolute Gasteiger partial charge is 0.335 e. The van der Waals surface area contributed by atoms with Gasteiger partial charge in [-0.15, -0.1) is 0 Å². The van der Waals surface area contributed by atoms with Crippen molar-refractivity contribution in [3.05, 3.63) is 69.8 Å². The normalized spacial score (nSPS) is 9.90. The molecule has 0 bridgehead atoms. The Bertz CT molecular complexity index is 710. The fourth-order valence-corrected chi connectivity index (χ4v) is 1.66. The Balaban J connectivity index is 2.16. The van der Waals surface area contributed by atoms with Crippen molar-refractivity contribution in [1.29, 1.82) is 0 Å². The third kappa shape index (κ3) is 3.41. The predicted octanol–water partition coefficient (Wildman–Crippen LogP) is 2.55. The minimum atomic E-state index is -1.06. The highest BCUT2D eigenvalue weighted by molar-refractivity contribution is 6.04. The van der Waals surface area contributed by atoms with Gasteiger partial charge >= 0.3 is 5.97 Å². The number of anilines is 1. The van der Waals surface area contributed by atoms with Gasteiger partial charge in [-0.25, -0.2) is 4.79 Å². The molecule has 0 spiro atoms. The largest absolute Gasteiger partial charge is 0.478 e. The van der Waals surface area contributed by atoms with Crippen LogP contribution in [0.1, 0.15) is 20.7 Å². The maximum Gasteiger partial charge on any atom is 0.335 e. The number of rotatable bonds is 4. The van der Waals surface area contributed by atoms with Crippen LogP contribution in [-0.2, 0) is 0 Å². The first-order chi connectivity index (χ1) is 9.97. The Labute approximate surface area is 119 Å². The number of aromatic carboxylic acids is 1. The monoisotopic (exact) mass is 286 g/mol. The summed E-state index contributed by atoms with van der Waals surface area (Å²) in [5.41, 5.74) is 0.468. The number of hydrogen-bond acceptors (Lipinski definition) is 4. The van der Waals surface area contributed by atoms with Crippen LogP contribution in [0.5, 0.6) is 0 Å². The van der Waals surface area contributed by atoms with E-state index in [2.05, 4.69) is 5.32 Å². The summed E-state index contributed by atoms with van der Waals surface area (Å²) in [6, 6.07) is 10.9. The molecule has 0 aliphatic heterocycles. The second-order valence-electron chi connectivity index (χ2n) is 4.14. The van der Waals surface area contributed by atoms with Crippen LogP contribution < -0.4 is 5.32 Å². The number of carbonyl (C=O) groups excluding carboxylic acids is 1. The van der Waals surface area contributed by atoms with Crippen molar-refractivity contribution >= 4 is 23.3 Å². The summed E-state index contributed by atoms with van der Waals surface area (Å²) in [5, 5.41) is 22.0. The first-order valence-corrected chi connectivity index (χ1v) is 5.86. The van der Waals surface area contributed by atoms with Gasteiger partial charge in [-0.1, -0.05) is 6.07 Å². The first-order valence-electron chi connectivity index (χ1n) is 5.86. The summed E-state index contributed by atoms with van der Waals surface area (Å²) in [6.07, 6.45) is 0. The number of hydrogen-bond donors (Lipinski definition) is 2. The van der Waals surface area contributed by atoms with Gasteiger partial charge in [0.1, 0.15) is 0 Å². The van der Waals surface area contributed by atoms with Crippen LogP contribution in [-0.4, -0.2) is 21.9 Å². The van der Waals surface area contributed by atoms with Gasteiger partial charge in [-0.05, 0) is 30.3 Å². The molecule has 2 rings (SSSR count). The second-order valence-corrected chi connectivity index (χ2v) is 4.14. The van der Waals surface area contributed by atoms with Crippen LogP contribution in [0, 0.1) is 10.1 Å². The molecule has 0 aliphatic carbocycles. The first kappa shape index (κ1) is 14.2. The van der Waals surface area contributed by atoms with E-state index in [1.807, 2.05) is 0 Å². The number of amides is 1. The summed E-state index contributed by atoms with van der Waals surface area (Å²) in [7, 11) is 0. The maximum atomic E-state index is 12.0. The molecule has 0 aromatic heterocycles. The van der Waals surface area contributed by atoms with Gasteiger partial charge in [0.2, 0.25) is 0 Å². The van der Waals surface area contributed by atoms with Crippen molar-refractivity contribution in [3.8, 4) is 0 Å². The van der Waals surface area contributed by atoms with Crippen LogP contribution >= 0.6 is 0 Å². The molecule has 0 fully saturated rings. The van der Waals surface area contributed by atoms with Crippen LogP contribution in [0.3, 0.4) is 0 Å². The van der Waals surface area contributed by atoms with E-state index in [1.54, 1.807) is 0 Å². The lowest BCUT2D eigenvalue weighted by atomic mass is 10.1. The zero-order valence-corrected chi connectivity index (χ0v) is 10.6. The van der Waals surface area contributed by atoms with E-state index < -0.39 is 16.8 Å². The molecule has 7 heteroatoms. The molecular formula is C14H10N2O5. The lowest BCUT2D eigenvalue weighted by molar-refractivity contribution is -0.384. The fraction of sp³-hybridized carbons (Fsp3) is 0. The summed E-state index contributed by atoms with van der Waals surface area (Å²) in [5.74, 6) is -1.58. The SMILES string of the molecule is O=C(O)c1ccc(NC(=O)c2cccc([N+](=O)[O-])c2)cc1. The molecular weight excluding hydrogens is 276 g/mol. The molecule has 7 nitrogen and oxygen atoms in total. The molecule has 0 atom stereocenters.